The van der Waals surface area contributed by atoms with Gasteiger partial charge in [-0.25, -0.2) is 0 Å². The number of nitrogens with zero attached hydrogens (tertiary/aromatic N) is 1. The predicted octanol–water partition coefficient (Wildman–Crippen LogP) is 4.61. The Hall–Kier alpha value is -0.390. The van der Waals surface area contributed by atoms with Crippen LogP contribution in [0.1, 0.15) is 28.5 Å². The van der Waals surface area contributed by atoms with Crippen molar-refractivity contribution in [3.63, 3.8) is 0 Å². The summed E-state index contributed by atoms with van der Waals surface area (Å²) in [7, 11) is 0. The molecule has 5 heteroatoms. The molecule has 0 bridgehead atoms. The van der Waals surface area contributed by atoms with Gasteiger partial charge in [-0.3, -0.25) is 4.90 Å². The van der Waals surface area contributed by atoms with Gasteiger partial charge in [0.1, 0.15) is 4.34 Å². The second-order valence-electron chi connectivity index (χ2n) is 5.36. The SMILES string of the molecule is NCC(c1cc(Br)c(Cl)s1)N1CCCc2ccccc2C1. The highest BCUT2D eigenvalue weighted by atomic mass is 79.9. The van der Waals surface area contributed by atoms with Crippen molar-refractivity contribution in [1.29, 1.82) is 0 Å². The van der Waals surface area contributed by atoms with E-state index < -0.39 is 0 Å². The maximum Gasteiger partial charge on any atom is 0.107 e. The molecule has 0 aliphatic carbocycles. The molecule has 0 saturated carbocycles. The molecular formula is C16H18BrClN2S. The van der Waals surface area contributed by atoms with Crippen LogP contribution in [0.15, 0.2) is 34.8 Å². The maximum atomic E-state index is 6.19. The van der Waals surface area contributed by atoms with Crippen molar-refractivity contribution < 1.29 is 0 Å². The van der Waals surface area contributed by atoms with E-state index in [0.717, 1.165) is 28.3 Å². The Labute approximate surface area is 143 Å². The van der Waals surface area contributed by atoms with Crippen LogP contribution in [-0.2, 0) is 13.0 Å². The van der Waals surface area contributed by atoms with Gasteiger partial charge in [-0.15, -0.1) is 11.3 Å². The second-order valence-corrected chi connectivity index (χ2v) is 7.90. The van der Waals surface area contributed by atoms with E-state index in [0.29, 0.717) is 6.54 Å². The van der Waals surface area contributed by atoms with Gasteiger partial charge in [-0.2, -0.15) is 0 Å². The zero-order chi connectivity index (χ0) is 14.8. The third-order valence-electron chi connectivity index (χ3n) is 4.04. The van der Waals surface area contributed by atoms with Gasteiger partial charge in [0.05, 0.1) is 6.04 Å². The van der Waals surface area contributed by atoms with Gasteiger partial charge in [-0.05, 0) is 52.5 Å². The summed E-state index contributed by atoms with van der Waals surface area (Å²) in [4.78, 5) is 3.73. The summed E-state index contributed by atoms with van der Waals surface area (Å²) in [5, 5.41) is 0. The highest BCUT2D eigenvalue weighted by Crippen LogP contribution is 2.38. The van der Waals surface area contributed by atoms with E-state index in [4.69, 9.17) is 17.3 Å². The molecule has 2 nitrogen and oxygen atoms in total. The van der Waals surface area contributed by atoms with Crippen molar-refractivity contribution in [3.05, 3.63) is 55.1 Å². The summed E-state index contributed by atoms with van der Waals surface area (Å²) >= 11 is 11.3. The van der Waals surface area contributed by atoms with Crippen molar-refractivity contribution in [2.45, 2.75) is 25.4 Å². The smallest absolute Gasteiger partial charge is 0.107 e. The normalized spacial score (nSPS) is 17.3. The predicted molar refractivity (Wildman–Crippen MR) is 94.0 cm³/mol. The summed E-state index contributed by atoms with van der Waals surface area (Å²) in [6, 6.07) is 11.1. The molecule has 2 heterocycles. The number of hydrogen-bond donors (Lipinski definition) is 1. The van der Waals surface area contributed by atoms with Crippen LogP contribution in [0.5, 0.6) is 0 Å². The van der Waals surface area contributed by atoms with Crippen LogP contribution in [0.4, 0.5) is 0 Å². The van der Waals surface area contributed by atoms with E-state index in [2.05, 4.69) is 51.2 Å². The first-order valence-electron chi connectivity index (χ1n) is 7.14. The molecule has 1 aromatic heterocycles. The topological polar surface area (TPSA) is 29.3 Å². The highest BCUT2D eigenvalue weighted by molar-refractivity contribution is 9.10. The fraction of sp³-hybridized carbons (Fsp3) is 0.375. The number of aryl methyl sites for hydroxylation is 1. The van der Waals surface area contributed by atoms with Crippen LogP contribution in [0.2, 0.25) is 4.34 Å². The molecule has 21 heavy (non-hydrogen) atoms. The van der Waals surface area contributed by atoms with Crippen LogP contribution >= 0.6 is 38.9 Å². The molecule has 0 radical (unpaired) electrons. The Kier molecular flexibility index (Phi) is 5.02. The number of fused-ring (bicyclic) bond motifs is 1. The van der Waals surface area contributed by atoms with Crippen molar-refractivity contribution in [3.8, 4) is 0 Å². The molecule has 0 fully saturated rings. The summed E-state index contributed by atoms with van der Waals surface area (Å²) in [5.74, 6) is 0. The van der Waals surface area contributed by atoms with Crippen molar-refractivity contribution >= 4 is 38.9 Å². The lowest BCUT2D eigenvalue weighted by Crippen LogP contribution is -2.33. The Morgan fingerprint density at radius 2 is 2.10 bits per heavy atom. The van der Waals surface area contributed by atoms with E-state index in [1.165, 1.54) is 22.4 Å². The Balaban J connectivity index is 1.87. The first-order valence-corrected chi connectivity index (χ1v) is 9.13. The van der Waals surface area contributed by atoms with Gasteiger partial charge in [-0.1, -0.05) is 35.9 Å². The lowest BCUT2D eigenvalue weighted by atomic mass is 10.0. The van der Waals surface area contributed by atoms with Crippen LogP contribution in [0.3, 0.4) is 0 Å². The molecule has 112 valence electrons. The summed E-state index contributed by atoms with van der Waals surface area (Å²) < 4.78 is 1.77. The molecule has 1 aliphatic rings. The van der Waals surface area contributed by atoms with E-state index >= 15 is 0 Å². The first kappa shape index (κ1) is 15.5. The van der Waals surface area contributed by atoms with Crippen LogP contribution in [-0.4, -0.2) is 18.0 Å². The number of rotatable bonds is 3. The quantitative estimate of drug-likeness (QED) is 0.836. The van der Waals surface area contributed by atoms with E-state index in [1.807, 2.05) is 0 Å². The minimum atomic E-state index is 0.241. The lowest BCUT2D eigenvalue weighted by molar-refractivity contribution is 0.198. The third kappa shape index (κ3) is 3.35. The summed E-state index contributed by atoms with van der Waals surface area (Å²) in [6.07, 6.45) is 2.33. The van der Waals surface area contributed by atoms with E-state index in [9.17, 15) is 0 Å². The van der Waals surface area contributed by atoms with Gasteiger partial charge < -0.3 is 5.73 Å². The van der Waals surface area contributed by atoms with Crippen LogP contribution in [0.25, 0.3) is 0 Å². The Morgan fingerprint density at radius 3 is 2.76 bits per heavy atom. The Morgan fingerprint density at radius 1 is 1.33 bits per heavy atom. The van der Waals surface area contributed by atoms with Crippen molar-refractivity contribution in [2.75, 3.05) is 13.1 Å². The fourth-order valence-electron chi connectivity index (χ4n) is 2.96. The molecule has 0 spiro atoms. The molecule has 1 aliphatic heterocycles. The summed E-state index contributed by atoms with van der Waals surface area (Å²) in [6.45, 7) is 2.65. The monoisotopic (exact) mass is 384 g/mol. The zero-order valence-corrected chi connectivity index (χ0v) is 14.8. The van der Waals surface area contributed by atoms with Gasteiger partial charge >= 0.3 is 0 Å². The maximum absolute atomic E-state index is 6.19. The van der Waals surface area contributed by atoms with Gasteiger partial charge in [0.15, 0.2) is 0 Å². The molecule has 0 amide bonds. The second kappa shape index (κ2) is 6.80. The molecule has 2 aromatic rings. The minimum Gasteiger partial charge on any atom is -0.329 e. The molecule has 1 aromatic carbocycles. The molecule has 3 rings (SSSR count). The average Bonchev–Trinajstić information content (AvgIpc) is 2.70. The fourth-order valence-corrected chi connectivity index (χ4v) is 4.85. The average molecular weight is 386 g/mol. The number of benzene rings is 1. The van der Waals surface area contributed by atoms with Crippen LogP contribution < -0.4 is 5.73 Å². The standard InChI is InChI=1S/C16H18BrClN2S/c17-13-8-15(21-16(13)18)14(9-19)20-7-3-6-11-4-1-2-5-12(11)10-20/h1-2,4-5,8,14H,3,6-7,9-10,19H2. The van der Waals surface area contributed by atoms with Crippen molar-refractivity contribution in [2.24, 2.45) is 5.73 Å². The Bertz CT molecular complexity index is 609. The highest BCUT2D eigenvalue weighted by Gasteiger charge is 2.24. The molecule has 1 unspecified atom stereocenters. The summed E-state index contributed by atoms with van der Waals surface area (Å²) in [5.41, 5.74) is 8.97. The largest absolute Gasteiger partial charge is 0.329 e. The minimum absolute atomic E-state index is 0.241. The number of halogens is 2. The number of hydrogen-bond acceptors (Lipinski definition) is 3. The molecule has 1 atom stereocenters. The lowest BCUT2D eigenvalue weighted by Gasteiger charge is -2.29. The third-order valence-corrected chi connectivity index (χ3v) is 6.62. The van der Waals surface area contributed by atoms with E-state index in [1.54, 1.807) is 11.3 Å². The van der Waals surface area contributed by atoms with E-state index in [-0.39, 0.29) is 6.04 Å². The molecule has 2 N–H and O–H groups in total. The molecular weight excluding hydrogens is 368 g/mol. The number of nitrogens with two attached hydrogens (primary N) is 1. The first-order chi connectivity index (χ1) is 10.2. The number of thiophene rings is 1. The molecule has 0 saturated heterocycles. The van der Waals surface area contributed by atoms with Gasteiger partial charge in [0.2, 0.25) is 0 Å². The van der Waals surface area contributed by atoms with Gasteiger partial charge in [0, 0.05) is 22.4 Å². The van der Waals surface area contributed by atoms with Crippen LogP contribution in [0, 0.1) is 0 Å². The van der Waals surface area contributed by atoms with Gasteiger partial charge in [0.25, 0.3) is 0 Å². The zero-order valence-electron chi connectivity index (χ0n) is 11.7. The van der Waals surface area contributed by atoms with Crippen molar-refractivity contribution in [1.82, 2.24) is 4.90 Å².